The molecular weight excluding hydrogens is 753 g/mol. The number of esters is 4. The first-order valence-electron chi connectivity index (χ1n) is 18.4. The molecule has 0 aliphatic carbocycles. The van der Waals surface area contributed by atoms with E-state index in [0.717, 1.165) is 0 Å². The summed E-state index contributed by atoms with van der Waals surface area (Å²) >= 11 is 0. The molecule has 0 aliphatic heterocycles. The van der Waals surface area contributed by atoms with Gasteiger partial charge in [0, 0.05) is 25.8 Å². The summed E-state index contributed by atoms with van der Waals surface area (Å²) < 4.78 is 87.7. The van der Waals surface area contributed by atoms with E-state index in [4.69, 9.17) is 14.2 Å². The van der Waals surface area contributed by atoms with Crippen LogP contribution >= 0.6 is 0 Å². The Kier molecular flexibility index (Phi) is 19.7. The summed E-state index contributed by atoms with van der Waals surface area (Å²) in [6.07, 6.45) is 1.90. The van der Waals surface area contributed by atoms with Gasteiger partial charge >= 0.3 is 29.9 Å². The molecule has 2 atom stereocenters. The van der Waals surface area contributed by atoms with Gasteiger partial charge in [-0.05, 0) is 101 Å². The summed E-state index contributed by atoms with van der Waals surface area (Å²) in [6.45, 7) is 15.3. The van der Waals surface area contributed by atoms with Gasteiger partial charge in [0.2, 0.25) is 40.7 Å². The van der Waals surface area contributed by atoms with E-state index in [9.17, 15) is 50.7 Å². The first kappa shape index (κ1) is 49.5. The van der Waals surface area contributed by atoms with E-state index in [1.807, 2.05) is 0 Å². The molecule has 0 saturated heterocycles. The SMILES string of the molecule is CC(C)(C)OC(=O)CC[C@H](NC(=O)N[C@@H](CCCCNC(=O)CCCCCCC(=O)Oc1c(F)c(F)c(F)c(F)c1F)C(=O)OC(C)(C)C)C(=O)OC(C)(C)C. The molecule has 0 fully saturated rings. The quantitative estimate of drug-likeness (QED) is 0.0243. The Labute approximate surface area is 324 Å². The van der Waals surface area contributed by atoms with Gasteiger partial charge in [0.25, 0.3) is 0 Å². The molecule has 318 valence electrons. The standard InChI is InChI=1S/C38H56F5N3O10/c1-36(2,3)54-26(49)20-19-23(34(51)56-38(7,8)9)46-35(52)45-22(33(50)55-37(4,5)6)16-14-15-21-44-24(47)17-12-10-11-13-18-25(48)53-32-30(42)28(40)27(39)29(41)31(32)43/h22-23H,10-21H2,1-9H3,(H,44,47)(H2,45,46,52)/t22-,23-/m0/s1. The Bertz CT molecular complexity index is 1510. The van der Waals surface area contributed by atoms with Crippen molar-refractivity contribution in [2.45, 2.75) is 162 Å². The number of unbranched alkanes of at least 4 members (excludes halogenated alkanes) is 4. The van der Waals surface area contributed by atoms with Crippen molar-refractivity contribution in [2.24, 2.45) is 0 Å². The second-order valence-electron chi connectivity index (χ2n) is 16.0. The van der Waals surface area contributed by atoms with Crippen molar-refractivity contribution in [3.8, 4) is 5.75 Å². The van der Waals surface area contributed by atoms with Crippen LogP contribution < -0.4 is 20.7 Å². The van der Waals surface area contributed by atoms with Crippen LogP contribution in [0.4, 0.5) is 26.7 Å². The highest BCUT2D eigenvalue weighted by molar-refractivity contribution is 5.87. The fourth-order valence-corrected chi connectivity index (χ4v) is 4.79. The van der Waals surface area contributed by atoms with Crippen LogP contribution in [-0.2, 0) is 38.2 Å². The maximum absolute atomic E-state index is 13.7. The minimum atomic E-state index is -2.37. The molecule has 1 aromatic carbocycles. The Hall–Kier alpha value is -4.51. The van der Waals surface area contributed by atoms with Crippen LogP contribution in [0.3, 0.4) is 0 Å². The van der Waals surface area contributed by atoms with Gasteiger partial charge < -0.3 is 34.9 Å². The van der Waals surface area contributed by atoms with Gasteiger partial charge in [-0.2, -0.15) is 8.78 Å². The third-order valence-electron chi connectivity index (χ3n) is 7.21. The molecule has 1 rings (SSSR count). The molecular formula is C38H56F5N3O10. The fraction of sp³-hybridized carbons (Fsp3) is 0.684. The summed E-state index contributed by atoms with van der Waals surface area (Å²) in [6, 6.07) is -3.23. The summed E-state index contributed by atoms with van der Waals surface area (Å²) in [5, 5.41) is 7.78. The van der Waals surface area contributed by atoms with E-state index in [1.54, 1.807) is 62.3 Å². The van der Waals surface area contributed by atoms with Gasteiger partial charge in [-0.1, -0.05) is 12.8 Å². The normalized spacial score (nSPS) is 12.9. The van der Waals surface area contributed by atoms with Gasteiger partial charge in [-0.25, -0.2) is 27.6 Å². The second kappa shape index (κ2) is 22.3. The van der Waals surface area contributed by atoms with Crippen LogP contribution in [0.25, 0.3) is 0 Å². The van der Waals surface area contributed by atoms with Crippen LogP contribution in [0.15, 0.2) is 0 Å². The largest absolute Gasteiger partial charge is 0.460 e. The summed E-state index contributed by atoms with van der Waals surface area (Å²) in [7, 11) is 0. The van der Waals surface area contributed by atoms with Gasteiger partial charge in [-0.3, -0.25) is 14.4 Å². The molecule has 3 amide bonds. The number of benzene rings is 1. The molecule has 0 heterocycles. The van der Waals surface area contributed by atoms with E-state index >= 15 is 0 Å². The minimum absolute atomic E-state index is 0.125. The van der Waals surface area contributed by atoms with Crippen LogP contribution in [0.5, 0.6) is 5.75 Å². The lowest BCUT2D eigenvalue weighted by molar-refractivity contribution is -0.159. The van der Waals surface area contributed by atoms with Crippen molar-refractivity contribution in [1.82, 2.24) is 16.0 Å². The zero-order chi connectivity index (χ0) is 43.0. The lowest BCUT2D eigenvalue weighted by Crippen LogP contribution is -2.53. The number of amides is 3. The number of hydrogen-bond donors (Lipinski definition) is 3. The molecule has 56 heavy (non-hydrogen) atoms. The van der Waals surface area contributed by atoms with E-state index in [1.165, 1.54) is 0 Å². The van der Waals surface area contributed by atoms with Crippen LogP contribution in [0.1, 0.15) is 133 Å². The summed E-state index contributed by atoms with van der Waals surface area (Å²) in [4.78, 5) is 75.5. The minimum Gasteiger partial charge on any atom is -0.460 e. The molecule has 3 N–H and O–H groups in total. The molecule has 0 unspecified atom stereocenters. The first-order chi connectivity index (χ1) is 25.7. The molecule has 1 aromatic rings. The number of carbonyl (C=O) groups excluding carboxylic acids is 6. The smallest absolute Gasteiger partial charge is 0.329 e. The van der Waals surface area contributed by atoms with Gasteiger partial charge in [0.1, 0.15) is 28.9 Å². The highest BCUT2D eigenvalue weighted by Gasteiger charge is 2.32. The third kappa shape index (κ3) is 19.9. The molecule has 0 radical (unpaired) electrons. The lowest BCUT2D eigenvalue weighted by atomic mass is 10.1. The summed E-state index contributed by atoms with van der Waals surface area (Å²) in [5.74, 6) is -16.5. The number of carbonyl (C=O) groups is 6. The van der Waals surface area contributed by atoms with E-state index in [2.05, 4.69) is 20.7 Å². The number of rotatable bonds is 20. The van der Waals surface area contributed by atoms with Crippen molar-refractivity contribution in [3.63, 3.8) is 0 Å². The maximum Gasteiger partial charge on any atom is 0.329 e. The van der Waals surface area contributed by atoms with E-state index in [-0.39, 0.29) is 51.0 Å². The van der Waals surface area contributed by atoms with Gasteiger partial charge in [0.15, 0.2) is 0 Å². The Morgan fingerprint density at radius 1 is 0.518 bits per heavy atom. The van der Waals surface area contributed by atoms with Crippen molar-refractivity contribution >= 4 is 35.8 Å². The monoisotopic (exact) mass is 809 g/mol. The average molecular weight is 810 g/mol. The third-order valence-corrected chi connectivity index (χ3v) is 7.21. The number of ether oxygens (including phenoxy) is 4. The van der Waals surface area contributed by atoms with Crippen LogP contribution in [0, 0.1) is 29.1 Å². The molecule has 13 nitrogen and oxygen atoms in total. The second-order valence-corrected chi connectivity index (χ2v) is 16.0. The van der Waals surface area contributed by atoms with Gasteiger partial charge in [-0.15, -0.1) is 0 Å². The molecule has 18 heteroatoms. The highest BCUT2D eigenvalue weighted by atomic mass is 19.2. The zero-order valence-corrected chi connectivity index (χ0v) is 33.6. The van der Waals surface area contributed by atoms with Crippen LogP contribution in [0.2, 0.25) is 0 Å². The first-order valence-corrected chi connectivity index (χ1v) is 18.4. The molecule has 0 saturated carbocycles. The fourth-order valence-electron chi connectivity index (χ4n) is 4.79. The van der Waals surface area contributed by atoms with Crippen molar-refractivity contribution < 1.29 is 69.7 Å². The number of urea groups is 1. The number of halogens is 5. The summed E-state index contributed by atoms with van der Waals surface area (Å²) in [5.41, 5.74) is -2.51. The van der Waals surface area contributed by atoms with Crippen molar-refractivity contribution in [3.05, 3.63) is 29.1 Å². The van der Waals surface area contributed by atoms with E-state index < -0.39 is 93.6 Å². The number of nitrogens with one attached hydrogen (secondary N) is 3. The molecule has 0 aromatic heterocycles. The Balaban J connectivity index is 2.59. The Morgan fingerprint density at radius 3 is 1.45 bits per heavy atom. The van der Waals surface area contributed by atoms with Crippen LogP contribution in [-0.4, -0.2) is 71.2 Å². The lowest BCUT2D eigenvalue weighted by Gasteiger charge is -2.27. The average Bonchev–Trinajstić information content (AvgIpc) is 3.05. The van der Waals surface area contributed by atoms with Crippen molar-refractivity contribution in [2.75, 3.05) is 6.54 Å². The van der Waals surface area contributed by atoms with E-state index in [0.29, 0.717) is 32.1 Å². The highest BCUT2D eigenvalue weighted by Crippen LogP contribution is 2.29. The topological polar surface area (TPSA) is 175 Å². The predicted molar refractivity (Wildman–Crippen MR) is 192 cm³/mol. The number of hydrogen-bond acceptors (Lipinski definition) is 10. The maximum atomic E-state index is 13.7. The molecule has 0 aliphatic rings. The zero-order valence-electron chi connectivity index (χ0n) is 33.6. The predicted octanol–water partition coefficient (Wildman–Crippen LogP) is 6.76. The molecule has 0 bridgehead atoms. The van der Waals surface area contributed by atoms with Gasteiger partial charge in [0.05, 0.1) is 0 Å². The Morgan fingerprint density at radius 2 is 0.964 bits per heavy atom. The van der Waals surface area contributed by atoms with Crippen molar-refractivity contribution in [1.29, 1.82) is 0 Å². The molecule has 0 spiro atoms.